The number of carbonyl (C=O) groups excluding carboxylic acids is 1. The zero-order valence-corrected chi connectivity index (χ0v) is 15.7. The first kappa shape index (κ1) is 17.1. The van der Waals surface area contributed by atoms with Gasteiger partial charge in [0.05, 0.1) is 12.4 Å². The van der Waals surface area contributed by atoms with Gasteiger partial charge in [0.15, 0.2) is 0 Å². The van der Waals surface area contributed by atoms with Crippen molar-refractivity contribution >= 4 is 16.8 Å². The molecule has 0 radical (unpaired) electrons. The summed E-state index contributed by atoms with van der Waals surface area (Å²) >= 11 is 0. The highest BCUT2D eigenvalue weighted by atomic mass is 16.1. The van der Waals surface area contributed by atoms with Gasteiger partial charge in [0.2, 0.25) is 0 Å². The van der Waals surface area contributed by atoms with Crippen LogP contribution in [0, 0.1) is 13.8 Å². The van der Waals surface area contributed by atoms with Crippen molar-refractivity contribution in [3.8, 4) is 5.69 Å². The van der Waals surface area contributed by atoms with Crippen molar-refractivity contribution in [1.29, 1.82) is 0 Å². The highest BCUT2D eigenvalue weighted by Gasteiger charge is 2.14. The molecule has 1 atom stereocenters. The molecule has 27 heavy (non-hydrogen) atoms. The standard InChI is InChI=1S/C22H22N4O/c1-14-10-15(2)19-12-21(25-20(19)11-14)22(27)24-16(3)17-4-6-18(7-5-17)26-9-8-23-13-26/h4-13,16,25H,1-3H3,(H,24,27)/t16-/m0/s1. The molecule has 5 nitrogen and oxygen atoms in total. The Balaban J connectivity index is 1.51. The van der Waals surface area contributed by atoms with Gasteiger partial charge in [-0.2, -0.15) is 0 Å². The van der Waals surface area contributed by atoms with Gasteiger partial charge in [0, 0.05) is 29.0 Å². The minimum atomic E-state index is -0.102. The van der Waals surface area contributed by atoms with Crippen LogP contribution >= 0.6 is 0 Å². The lowest BCUT2D eigenvalue weighted by atomic mass is 10.1. The van der Waals surface area contributed by atoms with Crippen molar-refractivity contribution in [3.05, 3.63) is 83.6 Å². The molecule has 4 rings (SSSR count). The van der Waals surface area contributed by atoms with Crippen LogP contribution in [0.4, 0.5) is 0 Å². The molecule has 0 saturated carbocycles. The van der Waals surface area contributed by atoms with Crippen LogP contribution in [0.15, 0.2) is 61.2 Å². The number of aromatic amines is 1. The molecule has 0 aliphatic rings. The number of rotatable bonds is 4. The summed E-state index contributed by atoms with van der Waals surface area (Å²) in [5, 5.41) is 4.16. The molecule has 2 N–H and O–H groups in total. The number of hydrogen-bond acceptors (Lipinski definition) is 2. The maximum absolute atomic E-state index is 12.7. The molecule has 0 saturated heterocycles. The number of imidazole rings is 1. The second-order valence-electron chi connectivity index (χ2n) is 6.98. The molecule has 1 amide bonds. The van der Waals surface area contributed by atoms with E-state index in [4.69, 9.17) is 0 Å². The van der Waals surface area contributed by atoms with Gasteiger partial charge in [-0.05, 0) is 61.7 Å². The second-order valence-corrected chi connectivity index (χ2v) is 6.98. The van der Waals surface area contributed by atoms with Crippen molar-refractivity contribution in [2.45, 2.75) is 26.8 Å². The molecular weight excluding hydrogens is 336 g/mol. The molecule has 0 spiro atoms. The van der Waals surface area contributed by atoms with Crippen LogP contribution in [0.5, 0.6) is 0 Å². The third kappa shape index (κ3) is 3.36. The number of nitrogens with zero attached hydrogens (tertiary/aromatic N) is 2. The first-order valence-corrected chi connectivity index (χ1v) is 9.00. The summed E-state index contributed by atoms with van der Waals surface area (Å²) in [6, 6.07) is 14.1. The van der Waals surface area contributed by atoms with Gasteiger partial charge in [0.25, 0.3) is 5.91 Å². The molecule has 0 unspecified atom stereocenters. The SMILES string of the molecule is Cc1cc(C)c2cc(C(=O)N[C@@H](C)c3ccc(-n4ccnc4)cc3)[nH]c2c1. The topological polar surface area (TPSA) is 62.7 Å². The van der Waals surface area contributed by atoms with Crippen molar-refractivity contribution < 1.29 is 4.79 Å². The Labute approximate surface area is 158 Å². The lowest BCUT2D eigenvalue weighted by molar-refractivity contribution is 0.0935. The Morgan fingerprint density at radius 1 is 1.15 bits per heavy atom. The van der Waals surface area contributed by atoms with Crippen LogP contribution < -0.4 is 5.32 Å². The largest absolute Gasteiger partial charge is 0.351 e. The van der Waals surface area contributed by atoms with E-state index >= 15 is 0 Å². The van der Waals surface area contributed by atoms with E-state index in [0.717, 1.165) is 22.2 Å². The van der Waals surface area contributed by atoms with Crippen LogP contribution in [-0.4, -0.2) is 20.4 Å². The summed E-state index contributed by atoms with van der Waals surface area (Å²) in [5.74, 6) is -0.102. The van der Waals surface area contributed by atoms with E-state index in [1.807, 2.05) is 48.0 Å². The van der Waals surface area contributed by atoms with Crippen molar-refractivity contribution in [3.63, 3.8) is 0 Å². The minimum Gasteiger partial charge on any atom is -0.351 e. The Morgan fingerprint density at radius 2 is 1.93 bits per heavy atom. The Bertz CT molecular complexity index is 1090. The Morgan fingerprint density at radius 3 is 2.63 bits per heavy atom. The molecule has 2 heterocycles. The summed E-state index contributed by atoms with van der Waals surface area (Å²) in [5.41, 5.74) is 6.02. The molecule has 136 valence electrons. The average molecular weight is 358 g/mol. The molecule has 0 fully saturated rings. The third-order valence-corrected chi connectivity index (χ3v) is 4.88. The molecule has 0 bridgehead atoms. The van der Waals surface area contributed by atoms with Crippen LogP contribution in [-0.2, 0) is 0 Å². The maximum Gasteiger partial charge on any atom is 0.268 e. The normalized spacial score (nSPS) is 12.3. The summed E-state index contributed by atoms with van der Waals surface area (Å²) in [7, 11) is 0. The van der Waals surface area contributed by atoms with E-state index in [-0.39, 0.29) is 11.9 Å². The lowest BCUT2D eigenvalue weighted by Crippen LogP contribution is -2.26. The van der Waals surface area contributed by atoms with Crippen LogP contribution in [0.2, 0.25) is 0 Å². The van der Waals surface area contributed by atoms with Crippen LogP contribution in [0.1, 0.15) is 40.1 Å². The number of benzene rings is 2. The Hall–Kier alpha value is -3.34. The van der Waals surface area contributed by atoms with Gasteiger partial charge >= 0.3 is 0 Å². The number of aryl methyl sites for hydroxylation is 2. The number of H-pyrrole nitrogens is 1. The predicted molar refractivity (Wildman–Crippen MR) is 107 cm³/mol. The first-order chi connectivity index (χ1) is 13.0. The molecule has 5 heteroatoms. The number of nitrogens with one attached hydrogen (secondary N) is 2. The quantitative estimate of drug-likeness (QED) is 0.566. The predicted octanol–water partition coefficient (Wildman–Crippen LogP) is 4.46. The van der Waals surface area contributed by atoms with Crippen molar-refractivity contribution in [2.75, 3.05) is 0 Å². The summed E-state index contributed by atoms with van der Waals surface area (Å²) < 4.78 is 1.95. The number of hydrogen-bond donors (Lipinski definition) is 2. The van der Waals surface area contributed by atoms with Gasteiger partial charge in [0.1, 0.15) is 5.69 Å². The molecular formula is C22H22N4O. The van der Waals surface area contributed by atoms with Crippen molar-refractivity contribution in [2.24, 2.45) is 0 Å². The lowest BCUT2D eigenvalue weighted by Gasteiger charge is -2.14. The minimum absolute atomic E-state index is 0.0939. The van der Waals surface area contributed by atoms with Gasteiger partial charge in [-0.3, -0.25) is 4.79 Å². The van der Waals surface area contributed by atoms with E-state index in [2.05, 4.69) is 41.3 Å². The van der Waals surface area contributed by atoms with E-state index in [1.54, 1.807) is 12.5 Å². The summed E-state index contributed by atoms with van der Waals surface area (Å²) in [4.78, 5) is 20.0. The third-order valence-electron chi connectivity index (χ3n) is 4.88. The van der Waals surface area contributed by atoms with E-state index in [9.17, 15) is 4.79 Å². The van der Waals surface area contributed by atoms with Crippen LogP contribution in [0.25, 0.3) is 16.6 Å². The number of fused-ring (bicyclic) bond motifs is 1. The fourth-order valence-corrected chi connectivity index (χ4v) is 3.43. The smallest absolute Gasteiger partial charge is 0.268 e. The van der Waals surface area contributed by atoms with E-state index in [1.165, 1.54) is 11.1 Å². The number of amides is 1. The molecule has 0 aliphatic heterocycles. The monoisotopic (exact) mass is 358 g/mol. The maximum atomic E-state index is 12.7. The van der Waals surface area contributed by atoms with Gasteiger partial charge in [-0.25, -0.2) is 4.98 Å². The molecule has 0 aliphatic carbocycles. The fourth-order valence-electron chi connectivity index (χ4n) is 3.43. The highest BCUT2D eigenvalue weighted by molar-refractivity contribution is 5.99. The molecule has 4 aromatic rings. The van der Waals surface area contributed by atoms with Gasteiger partial charge in [-0.1, -0.05) is 18.2 Å². The summed E-state index contributed by atoms with van der Waals surface area (Å²) in [6.45, 7) is 6.11. The zero-order chi connectivity index (χ0) is 19.0. The fraction of sp³-hybridized carbons (Fsp3) is 0.182. The molecule has 2 aromatic carbocycles. The number of aromatic nitrogens is 3. The highest BCUT2D eigenvalue weighted by Crippen LogP contribution is 2.22. The van der Waals surface area contributed by atoms with E-state index in [0.29, 0.717) is 5.69 Å². The summed E-state index contributed by atoms with van der Waals surface area (Å²) in [6.07, 6.45) is 5.42. The van der Waals surface area contributed by atoms with Crippen molar-refractivity contribution in [1.82, 2.24) is 19.9 Å². The van der Waals surface area contributed by atoms with Gasteiger partial charge in [-0.15, -0.1) is 0 Å². The Kier molecular flexibility index (Phi) is 4.28. The second kappa shape index (κ2) is 6.76. The van der Waals surface area contributed by atoms with Gasteiger partial charge < -0.3 is 14.9 Å². The molecule has 2 aromatic heterocycles. The first-order valence-electron chi connectivity index (χ1n) is 9.00. The average Bonchev–Trinajstić information content (AvgIpc) is 3.31. The van der Waals surface area contributed by atoms with Crippen LogP contribution in [0.3, 0.4) is 0 Å². The number of carbonyl (C=O) groups is 1. The van der Waals surface area contributed by atoms with E-state index < -0.39 is 0 Å². The zero-order valence-electron chi connectivity index (χ0n) is 15.7.